The van der Waals surface area contributed by atoms with E-state index in [4.69, 9.17) is 20.3 Å². The molecule has 7 N–H and O–H groups in total. The zero-order valence-electron chi connectivity index (χ0n) is 13.1. The number of nitrogens with zero attached hydrogens (tertiary/aromatic N) is 3. The van der Waals surface area contributed by atoms with Crippen LogP contribution < -0.4 is 11.3 Å². The van der Waals surface area contributed by atoms with Crippen molar-refractivity contribution in [2.75, 3.05) is 12.3 Å². The first kappa shape index (κ1) is 18.8. The lowest BCUT2D eigenvalue weighted by molar-refractivity contribution is -0.204. The smallest absolute Gasteiger partial charge is 0.384 e. The van der Waals surface area contributed by atoms with Crippen LogP contribution in [-0.2, 0) is 13.8 Å². The van der Waals surface area contributed by atoms with E-state index in [9.17, 15) is 24.0 Å². The number of aliphatic hydroxyl groups excluding tert-OH is 1. The number of nitrogens with two attached hydrogens (primary N) is 1. The summed E-state index contributed by atoms with van der Waals surface area (Å²) in [6.45, 7) is -0.350. The van der Waals surface area contributed by atoms with Crippen molar-refractivity contribution in [1.29, 1.82) is 0 Å². The van der Waals surface area contributed by atoms with Crippen LogP contribution in [0.15, 0.2) is 11.1 Å². The zero-order chi connectivity index (χ0) is 19.5. The fourth-order valence-corrected chi connectivity index (χ4v) is 3.02. The number of aromatic nitrogens is 4. The Morgan fingerprint density at radius 2 is 2.23 bits per heavy atom. The van der Waals surface area contributed by atoms with E-state index in [2.05, 4.69) is 19.5 Å². The monoisotopic (exact) mass is 395 g/mol. The molecule has 1 saturated heterocycles. The Labute approximate surface area is 143 Å². The number of fused-ring (bicyclic) bond motifs is 1. The molecule has 1 aliphatic rings. The predicted octanol–water partition coefficient (Wildman–Crippen LogP) is -1.88. The summed E-state index contributed by atoms with van der Waals surface area (Å²) in [5.74, 6) is -3.45. The predicted molar refractivity (Wildman–Crippen MR) is 81.1 cm³/mol. The van der Waals surface area contributed by atoms with Gasteiger partial charge in [0.05, 0.1) is 6.33 Å². The molecular formula is C11H15FN5O8P. The van der Waals surface area contributed by atoms with Crippen LogP contribution >= 0.6 is 7.82 Å². The van der Waals surface area contributed by atoms with Gasteiger partial charge in [0.15, 0.2) is 17.4 Å². The van der Waals surface area contributed by atoms with E-state index in [1.165, 1.54) is 0 Å². The molecule has 0 radical (unpaired) electrons. The second-order valence-electron chi connectivity index (χ2n) is 5.92. The lowest BCUT2D eigenvalue weighted by atomic mass is 9.95. The molecule has 3 rings (SSSR count). The zero-order valence-corrected chi connectivity index (χ0v) is 14.0. The summed E-state index contributed by atoms with van der Waals surface area (Å²) in [6.07, 6.45) is -2.92. The number of alkyl halides is 1. The van der Waals surface area contributed by atoms with Crippen LogP contribution in [0.25, 0.3) is 11.2 Å². The molecule has 144 valence electrons. The molecule has 0 aliphatic carbocycles. The maximum absolute atomic E-state index is 14.9. The number of aliphatic hydroxyl groups is 2. The average molecular weight is 395 g/mol. The van der Waals surface area contributed by atoms with E-state index in [1.807, 2.05) is 0 Å². The summed E-state index contributed by atoms with van der Waals surface area (Å²) in [7, 11) is -5.07. The first-order valence-electron chi connectivity index (χ1n) is 7.05. The second-order valence-corrected chi connectivity index (χ2v) is 7.16. The van der Waals surface area contributed by atoms with Crippen molar-refractivity contribution < 1.29 is 38.2 Å². The first-order valence-corrected chi connectivity index (χ1v) is 8.58. The van der Waals surface area contributed by atoms with Gasteiger partial charge in [0, 0.05) is 0 Å². The second kappa shape index (κ2) is 5.79. The summed E-state index contributed by atoms with van der Waals surface area (Å²) >= 11 is 0. The van der Waals surface area contributed by atoms with Gasteiger partial charge >= 0.3 is 7.82 Å². The van der Waals surface area contributed by atoms with E-state index in [-0.39, 0.29) is 17.1 Å². The summed E-state index contributed by atoms with van der Waals surface area (Å²) in [5.41, 5.74) is 2.11. The van der Waals surface area contributed by atoms with Crippen LogP contribution in [0.3, 0.4) is 0 Å². The molecule has 0 saturated carbocycles. The topological polar surface area (TPSA) is 206 Å². The lowest BCUT2D eigenvalue weighted by Crippen LogP contribution is -2.49. The van der Waals surface area contributed by atoms with Gasteiger partial charge in [-0.25, -0.2) is 13.9 Å². The third-order valence-electron chi connectivity index (χ3n) is 3.90. The van der Waals surface area contributed by atoms with Crippen molar-refractivity contribution in [3.05, 3.63) is 16.7 Å². The number of imidazole rings is 1. The lowest BCUT2D eigenvalue weighted by Gasteiger charge is -2.27. The minimum Gasteiger partial charge on any atom is -0.384 e. The molecule has 2 aromatic rings. The molecule has 0 spiro atoms. The van der Waals surface area contributed by atoms with Gasteiger partial charge in [0.2, 0.25) is 5.95 Å². The Bertz CT molecular complexity index is 956. The van der Waals surface area contributed by atoms with Crippen molar-refractivity contribution in [1.82, 2.24) is 19.5 Å². The number of hydrogen-bond donors (Lipinski definition) is 6. The number of halogens is 1. The largest absolute Gasteiger partial charge is 0.469 e. The van der Waals surface area contributed by atoms with Gasteiger partial charge in [0.25, 0.3) is 11.4 Å². The Morgan fingerprint density at radius 3 is 2.85 bits per heavy atom. The normalized spacial score (nSPS) is 32.4. The number of aromatic amines is 1. The van der Waals surface area contributed by atoms with Crippen molar-refractivity contribution in [2.45, 2.75) is 30.7 Å². The molecule has 3 heterocycles. The van der Waals surface area contributed by atoms with Crippen LogP contribution in [0.5, 0.6) is 0 Å². The summed E-state index contributed by atoms with van der Waals surface area (Å²) in [5, 5.41) is 20.6. The molecule has 0 bridgehead atoms. The van der Waals surface area contributed by atoms with Gasteiger partial charge in [-0.15, -0.1) is 0 Å². The number of H-pyrrole nitrogens is 1. The number of nitrogen functional groups attached to an aromatic ring is 1. The van der Waals surface area contributed by atoms with Crippen molar-refractivity contribution >= 4 is 24.9 Å². The average Bonchev–Trinajstić information content (AvgIpc) is 2.99. The number of phosphoric ester groups is 1. The van der Waals surface area contributed by atoms with Crippen LogP contribution in [-0.4, -0.2) is 63.7 Å². The third kappa shape index (κ3) is 3.01. The van der Waals surface area contributed by atoms with Gasteiger partial charge in [-0.05, 0) is 6.92 Å². The van der Waals surface area contributed by atoms with Crippen LogP contribution in [0.4, 0.5) is 10.3 Å². The minimum atomic E-state index is -5.07. The van der Waals surface area contributed by atoms with Crippen LogP contribution in [0, 0.1) is 0 Å². The summed E-state index contributed by atoms with van der Waals surface area (Å²) in [4.78, 5) is 39.0. The van der Waals surface area contributed by atoms with E-state index in [0.29, 0.717) is 0 Å². The quantitative estimate of drug-likeness (QED) is 0.316. The van der Waals surface area contributed by atoms with E-state index in [0.717, 1.165) is 17.8 Å². The number of anilines is 1. The van der Waals surface area contributed by atoms with Gasteiger partial charge in [-0.1, -0.05) is 0 Å². The van der Waals surface area contributed by atoms with Gasteiger partial charge < -0.3 is 30.5 Å². The molecule has 0 aromatic carbocycles. The van der Waals surface area contributed by atoms with Crippen LogP contribution in [0.2, 0.25) is 0 Å². The molecule has 13 nitrogen and oxygen atoms in total. The van der Waals surface area contributed by atoms with E-state index >= 15 is 0 Å². The highest BCUT2D eigenvalue weighted by atomic mass is 31.2. The van der Waals surface area contributed by atoms with E-state index < -0.39 is 43.8 Å². The number of ether oxygens (including phenoxy) is 1. The van der Waals surface area contributed by atoms with Crippen molar-refractivity contribution in [2.24, 2.45) is 0 Å². The van der Waals surface area contributed by atoms with Crippen molar-refractivity contribution in [3.8, 4) is 0 Å². The Hall–Kier alpha value is -1.93. The van der Waals surface area contributed by atoms with E-state index in [1.54, 1.807) is 0 Å². The fourth-order valence-electron chi connectivity index (χ4n) is 2.68. The molecular weight excluding hydrogens is 380 g/mol. The molecule has 2 aromatic heterocycles. The van der Waals surface area contributed by atoms with Crippen molar-refractivity contribution in [3.63, 3.8) is 0 Å². The number of hydrogen-bond acceptors (Lipinski definition) is 9. The standard InChI is InChI=1S/C11H15FN5O8P/c1-10(20)7(19)11(12,2-24-26(21,22)23)25-8(10)17-3-14-4-5(17)15-9(13)16-6(4)18/h3,7-8,19-20H,2H2,1H3,(H2,21,22,23)(H3,13,15,16,18)/t7-,8+,10+,11+/m0/s1. The molecule has 4 atom stereocenters. The number of nitrogens with one attached hydrogen (secondary N) is 1. The Morgan fingerprint density at radius 1 is 1.58 bits per heavy atom. The van der Waals surface area contributed by atoms with Crippen LogP contribution in [0.1, 0.15) is 13.2 Å². The molecule has 1 aliphatic heterocycles. The highest BCUT2D eigenvalue weighted by molar-refractivity contribution is 7.46. The Balaban J connectivity index is 2.03. The van der Waals surface area contributed by atoms with Gasteiger partial charge in [-0.3, -0.25) is 18.9 Å². The van der Waals surface area contributed by atoms with Gasteiger partial charge in [0.1, 0.15) is 18.3 Å². The summed E-state index contributed by atoms with van der Waals surface area (Å²) < 4.78 is 35.7. The molecule has 1 fully saturated rings. The maximum atomic E-state index is 14.9. The first-order chi connectivity index (χ1) is 11.8. The Kier molecular flexibility index (Phi) is 4.19. The summed E-state index contributed by atoms with van der Waals surface area (Å²) in [6, 6.07) is 0. The number of rotatable bonds is 4. The molecule has 26 heavy (non-hydrogen) atoms. The third-order valence-corrected chi connectivity index (χ3v) is 4.37. The SMILES string of the molecule is C[C@]1(O)[C@H](n2cnc3c(=O)[nH]c(N)nc32)O[C@](F)(COP(=O)(O)O)[C@H]1O. The molecule has 0 unspecified atom stereocenters. The maximum Gasteiger partial charge on any atom is 0.469 e. The number of phosphoric acid groups is 1. The molecule has 15 heteroatoms. The fraction of sp³-hybridized carbons (Fsp3) is 0.545. The minimum absolute atomic E-state index is 0.163. The highest BCUT2D eigenvalue weighted by Crippen LogP contribution is 2.48. The molecule has 0 amide bonds. The highest BCUT2D eigenvalue weighted by Gasteiger charge is 2.63. The van der Waals surface area contributed by atoms with Gasteiger partial charge in [-0.2, -0.15) is 4.98 Å².